The van der Waals surface area contributed by atoms with Gasteiger partial charge in [-0.1, -0.05) is 18.2 Å². The fraction of sp³-hybridized carbons (Fsp3) is 0.450. The van der Waals surface area contributed by atoms with Gasteiger partial charge in [0.1, 0.15) is 12.2 Å². The van der Waals surface area contributed by atoms with Crippen molar-refractivity contribution in [3.8, 4) is 0 Å². The molecule has 0 aromatic heterocycles. The van der Waals surface area contributed by atoms with E-state index >= 15 is 0 Å². The van der Waals surface area contributed by atoms with Gasteiger partial charge in [0, 0.05) is 23.1 Å². The minimum absolute atomic E-state index is 0.0722. The molecule has 0 radical (unpaired) electrons. The maximum atomic E-state index is 12.3. The van der Waals surface area contributed by atoms with Crippen LogP contribution >= 0.6 is 0 Å². The molecule has 7 nitrogen and oxygen atoms in total. The number of allylic oxidation sites excluding steroid dienone is 2. The number of esters is 2. The molecule has 1 heterocycles. The minimum atomic E-state index is -1.10. The monoisotopic (exact) mass is 376 g/mol. The summed E-state index contributed by atoms with van der Waals surface area (Å²) in [5.74, 6) is -3.06. The molecular weight excluding hydrogens is 352 g/mol. The summed E-state index contributed by atoms with van der Waals surface area (Å²) in [5.41, 5.74) is 1.39. The van der Waals surface area contributed by atoms with E-state index in [1.54, 1.807) is 12.2 Å². The molecule has 146 valence electrons. The number of aliphatic carboxylic acids is 1. The van der Waals surface area contributed by atoms with Crippen molar-refractivity contribution in [3.63, 3.8) is 0 Å². The lowest BCUT2D eigenvalue weighted by Gasteiger charge is -2.27. The van der Waals surface area contributed by atoms with Crippen LogP contribution in [-0.4, -0.2) is 46.9 Å². The molecule has 7 heteroatoms. The van der Waals surface area contributed by atoms with Gasteiger partial charge in [0.25, 0.3) is 0 Å². The molecule has 0 spiro atoms. The molecule has 0 bridgehead atoms. The minimum Gasteiger partial charge on any atom is -0.478 e. The van der Waals surface area contributed by atoms with E-state index in [9.17, 15) is 19.5 Å². The Labute approximate surface area is 157 Å². The smallest absolute Gasteiger partial charge is 0.334 e. The Balaban J connectivity index is 2.44. The van der Waals surface area contributed by atoms with E-state index in [0.29, 0.717) is 12.8 Å². The van der Waals surface area contributed by atoms with E-state index in [-0.39, 0.29) is 29.7 Å². The number of carboxylic acids is 1. The number of ether oxygens (including phenoxy) is 2. The molecule has 0 amide bonds. The van der Waals surface area contributed by atoms with Crippen LogP contribution < -0.4 is 0 Å². The summed E-state index contributed by atoms with van der Waals surface area (Å²) in [7, 11) is 0. The molecule has 2 aliphatic rings. The van der Waals surface area contributed by atoms with Crippen LogP contribution in [0.2, 0.25) is 0 Å². The molecule has 0 aromatic carbocycles. The van der Waals surface area contributed by atoms with Crippen LogP contribution in [0, 0.1) is 5.92 Å². The maximum Gasteiger partial charge on any atom is 0.334 e. The third-order valence-corrected chi connectivity index (χ3v) is 4.71. The second-order valence-electron chi connectivity index (χ2n) is 6.72. The van der Waals surface area contributed by atoms with Crippen molar-refractivity contribution in [1.29, 1.82) is 0 Å². The summed E-state index contributed by atoms with van der Waals surface area (Å²) in [5, 5.41) is 18.5. The number of aliphatic hydroxyl groups is 1. The standard InChI is InChI=1S/C20H24O7/c1-11-5-4-6-14(18(22)23)10-16(26-19(24)12(2)7-8-21)17-13(3)20(25)27-15(17)9-11/h6-7,9,15-17,21H,3-5,8,10H2,1-2H3,(H,22,23)/b11-9+,12-7+,14-6-/t15-,16-,17+/m1/s1. The molecular formula is C20H24O7. The van der Waals surface area contributed by atoms with Gasteiger partial charge in [0.2, 0.25) is 0 Å². The van der Waals surface area contributed by atoms with E-state index in [4.69, 9.17) is 14.6 Å². The van der Waals surface area contributed by atoms with Crippen molar-refractivity contribution in [2.24, 2.45) is 5.92 Å². The van der Waals surface area contributed by atoms with Gasteiger partial charge in [-0.2, -0.15) is 0 Å². The van der Waals surface area contributed by atoms with Gasteiger partial charge >= 0.3 is 17.9 Å². The summed E-state index contributed by atoms with van der Waals surface area (Å²) >= 11 is 0. The first kappa shape index (κ1) is 20.6. The van der Waals surface area contributed by atoms with Gasteiger partial charge in [-0.05, 0) is 38.8 Å². The van der Waals surface area contributed by atoms with Crippen LogP contribution in [0.25, 0.3) is 0 Å². The number of hydrogen-bond acceptors (Lipinski definition) is 6. The van der Waals surface area contributed by atoms with Gasteiger partial charge in [0.15, 0.2) is 0 Å². The number of carbonyl (C=O) groups excluding carboxylic acids is 2. The molecule has 2 N–H and O–H groups in total. The molecule has 1 aliphatic heterocycles. The van der Waals surface area contributed by atoms with E-state index in [2.05, 4.69) is 6.58 Å². The predicted octanol–water partition coefficient (Wildman–Crippen LogP) is 2.08. The summed E-state index contributed by atoms with van der Waals surface area (Å²) in [6, 6.07) is 0. The van der Waals surface area contributed by atoms with Crippen molar-refractivity contribution < 1.29 is 34.1 Å². The topological polar surface area (TPSA) is 110 Å². The zero-order valence-corrected chi connectivity index (χ0v) is 15.4. The molecule has 0 saturated carbocycles. The lowest BCUT2D eigenvalue weighted by molar-refractivity contribution is -0.148. The summed E-state index contributed by atoms with van der Waals surface area (Å²) < 4.78 is 10.9. The fourth-order valence-electron chi connectivity index (χ4n) is 3.19. The Morgan fingerprint density at radius 2 is 2.15 bits per heavy atom. The lowest BCUT2D eigenvalue weighted by Crippen LogP contribution is -2.34. The molecule has 2 rings (SSSR count). The average molecular weight is 376 g/mol. The first-order chi connectivity index (χ1) is 12.7. The van der Waals surface area contributed by atoms with Crippen molar-refractivity contribution in [2.45, 2.75) is 45.3 Å². The Hall–Kier alpha value is -2.67. The second kappa shape index (κ2) is 8.81. The lowest BCUT2D eigenvalue weighted by atomic mass is 9.85. The molecule has 1 aliphatic carbocycles. The van der Waals surface area contributed by atoms with Crippen molar-refractivity contribution in [3.05, 3.63) is 47.1 Å². The van der Waals surface area contributed by atoms with Crippen LogP contribution in [0.3, 0.4) is 0 Å². The van der Waals surface area contributed by atoms with Gasteiger partial charge in [-0.25, -0.2) is 14.4 Å². The highest BCUT2D eigenvalue weighted by atomic mass is 16.6. The molecule has 1 saturated heterocycles. The third kappa shape index (κ3) is 4.95. The molecule has 27 heavy (non-hydrogen) atoms. The van der Waals surface area contributed by atoms with Crippen LogP contribution in [-0.2, 0) is 23.9 Å². The Morgan fingerprint density at radius 1 is 1.44 bits per heavy atom. The van der Waals surface area contributed by atoms with Crippen molar-refractivity contribution in [1.82, 2.24) is 0 Å². The van der Waals surface area contributed by atoms with Gasteiger partial charge in [-0.3, -0.25) is 0 Å². The number of aliphatic hydroxyl groups excluding tert-OH is 1. The van der Waals surface area contributed by atoms with Gasteiger partial charge < -0.3 is 19.7 Å². The Bertz CT molecular complexity index is 741. The Morgan fingerprint density at radius 3 is 2.78 bits per heavy atom. The predicted molar refractivity (Wildman–Crippen MR) is 96.6 cm³/mol. The zero-order valence-electron chi connectivity index (χ0n) is 15.4. The fourth-order valence-corrected chi connectivity index (χ4v) is 3.19. The first-order valence-electron chi connectivity index (χ1n) is 8.72. The average Bonchev–Trinajstić information content (AvgIpc) is 2.86. The normalized spacial score (nSPS) is 30.3. The Kier molecular flexibility index (Phi) is 6.74. The molecule has 1 fully saturated rings. The van der Waals surface area contributed by atoms with Crippen LogP contribution in [0.4, 0.5) is 0 Å². The molecule has 3 atom stereocenters. The summed E-state index contributed by atoms with van der Waals surface area (Å²) in [6.45, 7) is 6.80. The second-order valence-corrected chi connectivity index (χ2v) is 6.72. The van der Waals surface area contributed by atoms with Crippen LogP contribution in [0.1, 0.15) is 33.1 Å². The van der Waals surface area contributed by atoms with Crippen LogP contribution in [0.15, 0.2) is 47.1 Å². The zero-order chi connectivity index (χ0) is 20.1. The van der Waals surface area contributed by atoms with Gasteiger partial charge in [-0.15, -0.1) is 0 Å². The number of fused-ring (bicyclic) bond motifs is 1. The number of rotatable bonds is 4. The van der Waals surface area contributed by atoms with Gasteiger partial charge in [0.05, 0.1) is 12.5 Å². The summed E-state index contributed by atoms with van der Waals surface area (Å²) in [4.78, 5) is 36.0. The first-order valence-corrected chi connectivity index (χ1v) is 8.72. The quantitative estimate of drug-likeness (QED) is 0.439. The number of hydrogen-bond donors (Lipinski definition) is 2. The largest absolute Gasteiger partial charge is 0.478 e. The number of carbonyl (C=O) groups is 3. The van der Waals surface area contributed by atoms with E-state index in [0.717, 1.165) is 5.57 Å². The molecule has 0 unspecified atom stereocenters. The maximum absolute atomic E-state index is 12.3. The number of carboxylic acid groups (broad SMARTS) is 1. The van der Waals surface area contributed by atoms with Crippen molar-refractivity contribution in [2.75, 3.05) is 6.61 Å². The SMILES string of the molecule is C=C1C(=O)O[C@@H]2/C=C(\C)CC/C=C(\C(=O)O)C[C@@H](OC(=O)/C(C)=C/CO)[C@@H]12. The van der Waals surface area contributed by atoms with E-state index < -0.39 is 36.0 Å². The van der Waals surface area contributed by atoms with Crippen LogP contribution in [0.5, 0.6) is 0 Å². The molecule has 0 aromatic rings. The van der Waals surface area contributed by atoms with Crippen molar-refractivity contribution >= 4 is 17.9 Å². The highest BCUT2D eigenvalue weighted by Gasteiger charge is 2.45. The third-order valence-electron chi connectivity index (χ3n) is 4.71. The van der Waals surface area contributed by atoms with E-state index in [1.165, 1.54) is 13.0 Å². The van der Waals surface area contributed by atoms with E-state index in [1.807, 2.05) is 6.92 Å². The highest BCUT2D eigenvalue weighted by molar-refractivity contribution is 5.92. The highest BCUT2D eigenvalue weighted by Crippen LogP contribution is 2.36. The summed E-state index contributed by atoms with van der Waals surface area (Å²) in [6.07, 6.45) is 4.18.